The van der Waals surface area contributed by atoms with Gasteiger partial charge in [-0.3, -0.25) is 9.59 Å². The zero-order chi connectivity index (χ0) is 19.0. The summed E-state index contributed by atoms with van der Waals surface area (Å²) in [6.45, 7) is 2.27. The second-order valence-corrected chi connectivity index (χ2v) is 7.41. The first kappa shape index (κ1) is 17.5. The molecule has 0 unspecified atom stereocenters. The number of carbonyl (C=O) groups is 2. The molecule has 0 atom stereocenters. The van der Waals surface area contributed by atoms with Crippen LogP contribution in [0.2, 0.25) is 0 Å². The Morgan fingerprint density at radius 1 is 1.26 bits per heavy atom. The second kappa shape index (κ2) is 7.00. The van der Waals surface area contributed by atoms with Crippen LogP contribution in [-0.4, -0.2) is 18.4 Å². The number of hydrogen-bond acceptors (Lipinski definition) is 4. The lowest BCUT2D eigenvalue weighted by Gasteiger charge is -2.29. The predicted octanol–water partition coefficient (Wildman–Crippen LogP) is 4.63. The number of thiophene rings is 1. The van der Waals surface area contributed by atoms with E-state index in [1.807, 2.05) is 6.07 Å². The average molecular weight is 384 g/mol. The summed E-state index contributed by atoms with van der Waals surface area (Å²) in [5.74, 6) is -0.821. The van der Waals surface area contributed by atoms with Gasteiger partial charge in [-0.2, -0.15) is 0 Å². The van der Waals surface area contributed by atoms with Gasteiger partial charge >= 0.3 is 0 Å². The zero-order valence-corrected chi connectivity index (χ0v) is 15.4. The summed E-state index contributed by atoms with van der Waals surface area (Å²) in [5.41, 5.74) is 1.95. The highest BCUT2D eigenvalue weighted by Gasteiger charge is 2.28. The summed E-state index contributed by atoms with van der Waals surface area (Å²) in [4.78, 5) is 27.2. The van der Waals surface area contributed by atoms with Crippen molar-refractivity contribution < 1.29 is 18.4 Å². The van der Waals surface area contributed by atoms with Crippen molar-refractivity contribution in [2.45, 2.75) is 19.8 Å². The normalized spacial score (nSPS) is 13.3. The molecule has 1 aromatic carbocycles. The minimum Gasteiger partial charge on any atom is -0.459 e. The molecular formula is C20H17FN2O3S. The molecule has 0 aliphatic carbocycles. The number of furan rings is 1. The molecule has 0 bridgehead atoms. The highest BCUT2D eigenvalue weighted by Crippen LogP contribution is 2.34. The third-order valence-electron chi connectivity index (χ3n) is 4.51. The van der Waals surface area contributed by atoms with Crippen molar-refractivity contribution in [1.82, 2.24) is 0 Å². The molecule has 2 amide bonds. The van der Waals surface area contributed by atoms with Crippen LogP contribution < -0.4 is 10.2 Å². The number of nitrogens with one attached hydrogen (secondary N) is 1. The topological polar surface area (TPSA) is 62.6 Å². The van der Waals surface area contributed by atoms with Gasteiger partial charge in [0, 0.05) is 6.54 Å². The molecule has 1 aliphatic heterocycles. The van der Waals surface area contributed by atoms with E-state index in [0.717, 1.165) is 24.0 Å². The number of amides is 2. The van der Waals surface area contributed by atoms with Crippen LogP contribution in [0.25, 0.3) is 0 Å². The second-order valence-electron chi connectivity index (χ2n) is 6.36. The molecule has 27 heavy (non-hydrogen) atoms. The molecule has 1 N–H and O–H groups in total. The molecule has 0 saturated carbocycles. The number of aryl methyl sites for hydroxylation is 2. The van der Waals surface area contributed by atoms with E-state index < -0.39 is 0 Å². The van der Waals surface area contributed by atoms with Gasteiger partial charge in [-0.25, -0.2) is 4.39 Å². The van der Waals surface area contributed by atoms with Crippen molar-refractivity contribution in [3.8, 4) is 0 Å². The van der Waals surface area contributed by atoms with E-state index in [9.17, 15) is 14.0 Å². The fourth-order valence-electron chi connectivity index (χ4n) is 3.27. The number of rotatable bonds is 3. The minimum absolute atomic E-state index is 0.195. The first-order valence-corrected chi connectivity index (χ1v) is 9.41. The molecule has 0 radical (unpaired) electrons. The predicted molar refractivity (Wildman–Crippen MR) is 102 cm³/mol. The highest BCUT2D eigenvalue weighted by molar-refractivity contribution is 7.18. The summed E-state index contributed by atoms with van der Waals surface area (Å²) < 4.78 is 19.4. The molecule has 5 nitrogen and oxygen atoms in total. The maximum absolute atomic E-state index is 14.4. The Morgan fingerprint density at radius 3 is 2.89 bits per heavy atom. The standard InChI is InChI=1S/C20H17FN2O3S/c1-12-11-16(22-19(24)15-8-4-10-26-15)27-18(12)20(25)23-9-3-6-13-5-2-7-14(21)17(13)23/h2,4-5,7-8,10-11H,3,6,9H2,1H3,(H,22,24). The fourth-order valence-corrected chi connectivity index (χ4v) is 4.28. The lowest BCUT2D eigenvalue weighted by atomic mass is 10.0. The molecule has 138 valence electrons. The number of para-hydroxylation sites is 1. The third-order valence-corrected chi connectivity index (χ3v) is 5.65. The maximum Gasteiger partial charge on any atom is 0.291 e. The Kier molecular flexibility index (Phi) is 4.53. The first-order chi connectivity index (χ1) is 13.0. The van der Waals surface area contributed by atoms with Crippen molar-refractivity contribution in [1.29, 1.82) is 0 Å². The summed E-state index contributed by atoms with van der Waals surface area (Å²) in [5, 5.41) is 3.28. The van der Waals surface area contributed by atoms with Crippen LogP contribution >= 0.6 is 11.3 Å². The number of fused-ring (bicyclic) bond motifs is 1. The van der Waals surface area contributed by atoms with Gasteiger partial charge in [-0.05, 0) is 55.2 Å². The van der Waals surface area contributed by atoms with E-state index in [2.05, 4.69) is 5.32 Å². The number of halogens is 1. The van der Waals surface area contributed by atoms with Crippen LogP contribution in [0.5, 0.6) is 0 Å². The first-order valence-electron chi connectivity index (χ1n) is 8.59. The van der Waals surface area contributed by atoms with Crippen LogP contribution in [0.1, 0.15) is 37.8 Å². The van der Waals surface area contributed by atoms with Crippen molar-refractivity contribution in [2.24, 2.45) is 0 Å². The summed E-state index contributed by atoms with van der Waals surface area (Å²) >= 11 is 1.18. The summed E-state index contributed by atoms with van der Waals surface area (Å²) in [6.07, 6.45) is 2.96. The smallest absolute Gasteiger partial charge is 0.291 e. The maximum atomic E-state index is 14.4. The monoisotopic (exact) mass is 384 g/mol. The lowest BCUT2D eigenvalue weighted by molar-refractivity contribution is 0.0983. The number of anilines is 2. The molecule has 0 saturated heterocycles. The molecule has 0 fully saturated rings. The number of nitrogens with zero attached hydrogens (tertiary/aromatic N) is 1. The van der Waals surface area contributed by atoms with Gasteiger partial charge in [0.15, 0.2) is 5.76 Å². The van der Waals surface area contributed by atoms with Gasteiger partial charge in [-0.15, -0.1) is 11.3 Å². The number of hydrogen-bond donors (Lipinski definition) is 1. The number of carbonyl (C=O) groups excluding carboxylic acids is 2. The van der Waals surface area contributed by atoms with Gasteiger partial charge in [0.25, 0.3) is 11.8 Å². The van der Waals surface area contributed by atoms with Crippen LogP contribution in [0, 0.1) is 12.7 Å². The quantitative estimate of drug-likeness (QED) is 0.716. The summed E-state index contributed by atoms with van der Waals surface area (Å²) in [6, 6.07) is 9.84. The Labute approximate surface area is 159 Å². The molecule has 4 rings (SSSR count). The van der Waals surface area contributed by atoms with Crippen LogP contribution in [0.3, 0.4) is 0 Å². The van der Waals surface area contributed by atoms with Gasteiger partial charge < -0.3 is 14.6 Å². The van der Waals surface area contributed by atoms with Crippen molar-refractivity contribution >= 4 is 33.8 Å². The zero-order valence-electron chi connectivity index (χ0n) is 14.6. The molecular weight excluding hydrogens is 367 g/mol. The third kappa shape index (κ3) is 3.26. The van der Waals surface area contributed by atoms with Crippen molar-refractivity contribution in [2.75, 3.05) is 16.8 Å². The van der Waals surface area contributed by atoms with Crippen LogP contribution in [0.4, 0.5) is 15.1 Å². The Balaban J connectivity index is 1.61. The SMILES string of the molecule is Cc1cc(NC(=O)c2ccco2)sc1C(=O)N1CCCc2cccc(F)c21. The van der Waals surface area contributed by atoms with Gasteiger partial charge in [0.05, 0.1) is 21.8 Å². The minimum atomic E-state index is -0.388. The van der Waals surface area contributed by atoms with Crippen LogP contribution in [-0.2, 0) is 6.42 Å². The van der Waals surface area contributed by atoms with E-state index in [0.29, 0.717) is 22.1 Å². The molecule has 1 aliphatic rings. The number of benzene rings is 1. The van der Waals surface area contributed by atoms with Gasteiger partial charge in [-0.1, -0.05) is 12.1 Å². The van der Waals surface area contributed by atoms with E-state index >= 15 is 0 Å². The van der Waals surface area contributed by atoms with E-state index in [-0.39, 0.29) is 23.4 Å². The Hall–Kier alpha value is -2.93. The van der Waals surface area contributed by atoms with E-state index in [4.69, 9.17) is 4.42 Å². The van der Waals surface area contributed by atoms with Crippen molar-refractivity contribution in [3.05, 3.63) is 70.2 Å². The Bertz CT molecular complexity index is 1010. The van der Waals surface area contributed by atoms with E-state index in [1.165, 1.54) is 28.6 Å². The average Bonchev–Trinajstić information content (AvgIpc) is 3.31. The molecule has 3 aromatic rings. The molecule has 7 heteroatoms. The van der Waals surface area contributed by atoms with Crippen molar-refractivity contribution in [3.63, 3.8) is 0 Å². The Morgan fingerprint density at radius 2 is 2.11 bits per heavy atom. The van der Waals surface area contributed by atoms with Crippen LogP contribution in [0.15, 0.2) is 47.1 Å². The van der Waals surface area contributed by atoms with E-state index in [1.54, 1.807) is 31.2 Å². The lowest BCUT2D eigenvalue weighted by Crippen LogP contribution is -2.36. The van der Waals surface area contributed by atoms with Gasteiger partial charge in [0.1, 0.15) is 5.82 Å². The summed E-state index contributed by atoms with van der Waals surface area (Å²) in [7, 11) is 0. The molecule has 0 spiro atoms. The van der Waals surface area contributed by atoms with Gasteiger partial charge in [0.2, 0.25) is 0 Å². The molecule has 2 aromatic heterocycles. The highest BCUT2D eigenvalue weighted by atomic mass is 32.1. The fraction of sp³-hybridized carbons (Fsp3) is 0.200. The largest absolute Gasteiger partial charge is 0.459 e. The molecule has 3 heterocycles.